The van der Waals surface area contributed by atoms with E-state index in [1.165, 1.54) is 31.2 Å². The van der Waals surface area contributed by atoms with Crippen molar-refractivity contribution in [3.63, 3.8) is 0 Å². The Balaban J connectivity index is 1.66. The van der Waals surface area contributed by atoms with E-state index in [0.29, 0.717) is 12.1 Å². The predicted molar refractivity (Wildman–Crippen MR) is 99.0 cm³/mol. The molecule has 0 unspecified atom stereocenters. The fraction of sp³-hybridized carbons (Fsp3) is 0.600. The first-order valence-corrected chi connectivity index (χ1v) is 8.78. The van der Waals surface area contributed by atoms with Crippen LogP contribution in [0.5, 0.6) is 5.75 Å². The molecule has 1 aromatic rings. The average Bonchev–Trinajstić information content (AvgIpc) is 2.52. The van der Waals surface area contributed by atoms with E-state index in [2.05, 4.69) is 55.7 Å². The van der Waals surface area contributed by atoms with E-state index in [-0.39, 0.29) is 5.54 Å². The van der Waals surface area contributed by atoms with Gasteiger partial charge in [-0.2, -0.15) is 0 Å². The Labute approximate surface area is 141 Å². The summed E-state index contributed by atoms with van der Waals surface area (Å²) in [5, 5.41) is 7.38. The summed E-state index contributed by atoms with van der Waals surface area (Å²) in [6, 6.07) is 9.50. The Hall–Kier alpha value is -1.32. The van der Waals surface area contributed by atoms with Crippen LogP contribution in [0.15, 0.2) is 30.3 Å². The van der Waals surface area contributed by atoms with Gasteiger partial charge in [-0.05, 0) is 64.2 Å². The van der Waals surface area contributed by atoms with E-state index >= 15 is 0 Å². The van der Waals surface area contributed by atoms with Crippen LogP contribution in [0.2, 0.25) is 0 Å². The van der Waals surface area contributed by atoms with Gasteiger partial charge in [-0.15, -0.1) is 0 Å². The number of methoxy groups -OCH3 is 1. The van der Waals surface area contributed by atoms with E-state index in [9.17, 15) is 0 Å². The molecule has 2 rings (SSSR count). The molecule has 0 radical (unpaired) electrons. The average molecular weight is 316 g/mol. The molecule has 1 saturated carbocycles. The van der Waals surface area contributed by atoms with Crippen LogP contribution in [0, 0.1) is 0 Å². The third-order valence-electron chi connectivity index (χ3n) is 4.31. The van der Waals surface area contributed by atoms with E-state index < -0.39 is 0 Å². The Kier molecular flexibility index (Phi) is 6.67. The van der Waals surface area contributed by atoms with Gasteiger partial charge < -0.3 is 15.4 Å². The topological polar surface area (TPSA) is 33.3 Å². The van der Waals surface area contributed by atoms with Gasteiger partial charge in [-0.25, -0.2) is 0 Å². The van der Waals surface area contributed by atoms with Gasteiger partial charge in [0.1, 0.15) is 5.75 Å². The molecule has 0 aliphatic heterocycles. The van der Waals surface area contributed by atoms with Gasteiger partial charge in [-0.1, -0.05) is 24.3 Å². The van der Waals surface area contributed by atoms with Crippen molar-refractivity contribution in [3.05, 3.63) is 35.9 Å². The van der Waals surface area contributed by atoms with E-state index in [1.807, 2.05) is 12.1 Å². The summed E-state index contributed by atoms with van der Waals surface area (Å²) in [4.78, 5) is 0. The first kappa shape index (κ1) is 18.0. The lowest BCUT2D eigenvalue weighted by atomic mass is 9.89. The summed E-state index contributed by atoms with van der Waals surface area (Å²) in [6.45, 7) is 7.69. The molecule has 0 aromatic heterocycles. The highest BCUT2D eigenvalue weighted by Gasteiger charge is 2.23. The molecule has 128 valence electrons. The normalized spacial score (nSPS) is 22.4. The van der Waals surface area contributed by atoms with Crippen molar-refractivity contribution in [1.29, 1.82) is 0 Å². The highest BCUT2D eigenvalue weighted by atomic mass is 16.5. The Bertz CT molecular complexity index is 479. The van der Waals surface area contributed by atoms with Crippen molar-refractivity contribution in [3.8, 4) is 5.75 Å². The lowest BCUT2D eigenvalue weighted by molar-refractivity contribution is 0.265. The third kappa shape index (κ3) is 6.76. The van der Waals surface area contributed by atoms with Gasteiger partial charge in [-0.3, -0.25) is 0 Å². The number of nitrogens with one attached hydrogen (secondary N) is 2. The van der Waals surface area contributed by atoms with Crippen LogP contribution in [0.1, 0.15) is 52.0 Å². The van der Waals surface area contributed by atoms with Crippen LogP contribution in [0.25, 0.3) is 6.08 Å². The molecule has 3 heteroatoms. The molecule has 1 aliphatic rings. The molecule has 1 aliphatic carbocycles. The zero-order valence-electron chi connectivity index (χ0n) is 15.1. The van der Waals surface area contributed by atoms with Gasteiger partial charge in [0.05, 0.1) is 7.11 Å². The fourth-order valence-electron chi connectivity index (χ4n) is 3.20. The van der Waals surface area contributed by atoms with E-state index in [1.54, 1.807) is 7.11 Å². The van der Waals surface area contributed by atoms with Crippen molar-refractivity contribution >= 4 is 6.08 Å². The number of hydrogen-bond acceptors (Lipinski definition) is 3. The van der Waals surface area contributed by atoms with Gasteiger partial charge in [0.2, 0.25) is 0 Å². The molecule has 0 heterocycles. The van der Waals surface area contributed by atoms with Crippen LogP contribution >= 0.6 is 0 Å². The summed E-state index contributed by atoms with van der Waals surface area (Å²) in [7, 11) is 1.69. The highest BCUT2D eigenvalue weighted by Crippen LogP contribution is 2.20. The largest absolute Gasteiger partial charge is 0.497 e. The van der Waals surface area contributed by atoms with Crippen molar-refractivity contribution in [2.75, 3.05) is 13.7 Å². The van der Waals surface area contributed by atoms with Crippen LogP contribution < -0.4 is 15.4 Å². The molecule has 0 saturated heterocycles. The number of ether oxygens (including phenoxy) is 1. The second-order valence-corrected chi connectivity index (χ2v) is 7.53. The Morgan fingerprint density at radius 3 is 2.22 bits per heavy atom. The predicted octanol–water partition coefficient (Wildman–Crippen LogP) is 4.00. The van der Waals surface area contributed by atoms with E-state index in [4.69, 9.17) is 4.74 Å². The summed E-state index contributed by atoms with van der Waals surface area (Å²) < 4.78 is 5.17. The van der Waals surface area contributed by atoms with E-state index in [0.717, 1.165) is 12.3 Å². The van der Waals surface area contributed by atoms with Crippen molar-refractivity contribution in [2.45, 2.75) is 64.1 Å². The zero-order chi connectivity index (χ0) is 16.7. The molecular formula is C20H32N2O. The van der Waals surface area contributed by atoms with Gasteiger partial charge in [0, 0.05) is 24.2 Å². The van der Waals surface area contributed by atoms with Crippen LogP contribution in [-0.4, -0.2) is 31.3 Å². The second-order valence-electron chi connectivity index (χ2n) is 7.53. The van der Waals surface area contributed by atoms with Crippen molar-refractivity contribution in [2.24, 2.45) is 0 Å². The summed E-state index contributed by atoms with van der Waals surface area (Å²) in [5.74, 6) is 0.904. The lowest BCUT2D eigenvalue weighted by Gasteiger charge is -2.34. The number of benzene rings is 1. The van der Waals surface area contributed by atoms with Crippen molar-refractivity contribution < 1.29 is 4.74 Å². The van der Waals surface area contributed by atoms with Gasteiger partial charge >= 0.3 is 0 Å². The van der Waals surface area contributed by atoms with Crippen LogP contribution in [0.4, 0.5) is 0 Å². The minimum absolute atomic E-state index is 0.228. The molecule has 0 atom stereocenters. The molecule has 23 heavy (non-hydrogen) atoms. The maximum Gasteiger partial charge on any atom is 0.118 e. The van der Waals surface area contributed by atoms with Gasteiger partial charge in [0.25, 0.3) is 0 Å². The first-order chi connectivity index (χ1) is 11.0. The van der Waals surface area contributed by atoms with Gasteiger partial charge in [0.15, 0.2) is 0 Å². The zero-order valence-corrected chi connectivity index (χ0v) is 15.1. The fourth-order valence-corrected chi connectivity index (χ4v) is 3.20. The molecule has 3 nitrogen and oxygen atoms in total. The number of rotatable bonds is 6. The molecule has 1 aromatic carbocycles. The Morgan fingerprint density at radius 1 is 1.04 bits per heavy atom. The monoisotopic (exact) mass is 316 g/mol. The SMILES string of the molecule is COc1ccc(/C=C/CNC2CCC(NC(C)(C)C)CC2)cc1. The van der Waals surface area contributed by atoms with Crippen LogP contribution in [-0.2, 0) is 0 Å². The third-order valence-corrected chi connectivity index (χ3v) is 4.31. The van der Waals surface area contributed by atoms with Crippen LogP contribution in [0.3, 0.4) is 0 Å². The maximum atomic E-state index is 5.17. The lowest BCUT2D eigenvalue weighted by Crippen LogP contribution is -2.47. The molecule has 0 bridgehead atoms. The molecule has 2 N–H and O–H groups in total. The van der Waals surface area contributed by atoms with Crippen molar-refractivity contribution in [1.82, 2.24) is 10.6 Å². The highest BCUT2D eigenvalue weighted by molar-refractivity contribution is 5.50. The quantitative estimate of drug-likeness (QED) is 0.832. The molecule has 0 amide bonds. The minimum Gasteiger partial charge on any atom is -0.497 e. The summed E-state index contributed by atoms with van der Waals surface area (Å²) >= 11 is 0. The molecule has 0 spiro atoms. The standard InChI is InChI=1S/C20H32N2O/c1-20(2,3)22-18-11-9-17(10-12-18)21-15-5-6-16-7-13-19(23-4)14-8-16/h5-8,13-14,17-18,21-22H,9-12,15H2,1-4H3/b6-5+. The second kappa shape index (κ2) is 8.51. The summed E-state index contributed by atoms with van der Waals surface area (Å²) in [6.07, 6.45) is 9.46. The smallest absolute Gasteiger partial charge is 0.118 e. The minimum atomic E-state index is 0.228. The summed E-state index contributed by atoms with van der Waals surface area (Å²) in [5.41, 5.74) is 1.44. The first-order valence-electron chi connectivity index (χ1n) is 8.78. The maximum absolute atomic E-state index is 5.17. The Morgan fingerprint density at radius 2 is 1.65 bits per heavy atom. The molecular weight excluding hydrogens is 284 g/mol. The molecule has 1 fully saturated rings. The number of hydrogen-bond donors (Lipinski definition) is 2.